The first-order chi connectivity index (χ1) is 13.2. The number of carbonyl (C=O) groups is 1. The van der Waals surface area contributed by atoms with Crippen LogP contribution in [0, 0.1) is 6.92 Å². The smallest absolute Gasteiger partial charge is 0.248 e. The maximum absolute atomic E-state index is 11.5. The van der Waals surface area contributed by atoms with E-state index in [-0.39, 0.29) is 12.0 Å². The van der Waals surface area contributed by atoms with Crippen LogP contribution < -0.4 is 4.74 Å². The Kier molecular flexibility index (Phi) is 4.81. The maximum Gasteiger partial charge on any atom is 0.248 e. The van der Waals surface area contributed by atoms with E-state index < -0.39 is 6.61 Å². The number of benzene rings is 1. The van der Waals surface area contributed by atoms with Crippen molar-refractivity contribution in [2.45, 2.75) is 25.9 Å². The molecule has 0 bridgehead atoms. The van der Waals surface area contributed by atoms with Crippen molar-refractivity contribution in [3.05, 3.63) is 54.5 Å². The van der Waals surface area contributed by atoms with Crippen molar-refractivity contribution in [2.24, 2.45) is 0 Å². The SMILES string of the molecule is Cc1c(-c2ccc(OC3CCN(C(=O)CO)CC3)cc2)ccc2nccn12. The number of aryl methyl sites for hydroxylation is 1. The largest absolute Gasteiger partial charge is 0.490 e. The number of rotatable bonds is 4. The van der Waals surface area contributed by atoms with Crippen LogP contribution in [0.5, 0.6) is 5.75 Å². The molecule has 1 aliphatic rings. The van der Waals surface area contributed by atoms with Gasteiger partial charge in [-0.05, 0) is 36.8 Å². The van der Waals surface area contributed by atoms with Crippen molar-refractivity contribution in [2.75, 3.05) is 19.7 Å². The number of hydrogen-bond acceptors (Lipinski definition) is 4. The molecule has 1 aromatic carbocycles. The molecule has 1 saturated heterocycles. The lowest BCUT2D eigenvalue weighted by Gasteiger charge is -2.31. The fourth-order valence-electron chi connectivity index (χ4n) is 3.66. The van der Waals surface area contributed by atoms with Crippen molar-refractivity contribution in [1.29, 1.82) is 0 Å². The number of carbonyl (C=O) groups excluding carboxylic acids is 1. The molecule has 27 heavy (non-hydrogen) atoms. The van der Waals surface area contributed by atoms with E-state index in [1.165, 1.54) is 5.56 Å². The van der Waals surface area contributed by atoms with E-state index in [0.29, 0.717) is 13.1 Å². The lowest BCUT2D eigenvalue weighted by molar-refractivity contribution is -0.135. The summed E-state index contributed by atoms with van der Waals surface area (Å²) >= 11 is 0. The van der Waals surface area contributed by atoms with Gasteiger partial charge in [0.25, 0.3) is 0 Å². The summed E-state index contributed by atoms with van der Waals surface area (Å²) in [6.45, 7) is 2.94. The first-order valence-electron chi connectivity index (χ1n) is 9.24. The van der Waals surface area contributed by atoms with Crippen LogP contribution in [0.3, 0.4) is 0 Å². The Morgan fingerprint density at radius 1 is 1.19 bits per heavy atom. The number of imidazole rings is 1. The second-order valence-electron chi connectivity index (χ2n) is 6.87. The normalized spacial score (nSPS) is 15.3. The number of ether oxygens (including phenoxy) is 1. The number of fused-ring (bicyclic) bond motifs is 1. The minimum Gasteiger partial charge on any atom is -0.490 e. The molecule has 0 saturated carbocycles. The molecule has 0 unspecified atom stereocenters. The molecule has 0 atom stereocenters. The molecule has 1 aliphatic heterocycles. The number of nitrogens with zero attached hydrogens (tertiary/aromatic N) is 3. The first kappa shape index (κ1) is 17.5. The molecule has 1 N–H and O–H groups in total. The number of aliphatic hydroxyl groups is 1. The highest BCUT2D eigenvalue weighted by Gasteiger charge is 2.23. The molecule has 0 radical (unpaired) electrons. The van der Waals surface area contributed by atoms with Gasteiger partial charge in [-0.25, -0.2) is 4.98 Å². The number of likely N-dealkylation sites (tertiary alicyclic amines) is 1. The van der Waals surface area contributed by atoms with Crippen molar-refractivity contribution in [1.82, 2.24) is 14.3 Å². The number of aromatic nitrogens is 2. The van der Waals surface area contributed by atoms with Gasteiger partial charge in [0.15, 0.2) is 0 Å². The second kappa shape index (κ2) is 7.40. The zero-order valence-electron chi connectivity index (χ0n) is 15.3. The highest BCUT2D eigenvalue weighted by Crippen LogP contribution is 2.27. The molecule has 1 amide bonds. The molecule has 3 heterocycles. The molecule has 140 valence electrons. The van der Waals surface area contributed by atoms with Crippen LogP contribution in [0.4, 0.5) is 0 Å². The van der Waals surface area contributed by atoms with Gasteiger partial charge in [-0.3, -0.25) is 4.79 Å². The first-order valence-corrected chi connectivity index (χ1v) is 9.24. The zero-order chi connectivity index (χ0) is 18.8. The van der Waals surface area contributed by atoms with E-state index in [1.54, 1.807) is 4.90 Å². The van der Waals surface area contributed by atoms with Crippen molar-refractivity contribution in [3.63, 3.8) is 0 Å². The van der Waals surface area contributed by atoms with E-state index in [1.807, 2.05) is 30.6 Å². The number of piperidine rings is 1. The molecule has 0 spiro atoms. The van der Waals surface area contributed by atoms with Gasteiger partial charge < -0.3 is 19.1 Å². The van der Waals surface area contributed by atoms with Gasteiger partial charge in [0.05, 0.1) is 0 Å². The fraction of sp³-hybridized carbons (Fsp3) is 0.333. The van der Waals surface area contributed by atoms with E-state index in [0.717, 1.165) is 35.5 Å². The van der Waals surface area contributed by atoms with Crippen LogP contribution in [-0.2, 0) is 4.79 Å². The summed E-state index contributed by atoms with van der Waals surface area (Å²) in [4.78, 5) is 17.5. The van der Waals surface area contributed by atoms with Crippen LogP contribution in [0.25, 0.3) is 16.8 Å². The quantitative estimate of drug-likeness (QED) is 0.772. The molecule has 4 rings (SSSR count). The molecule has 2 aromatic heterocycles. The topological polar surface area (TPSA) is 67.1 Å². The van der Waals surface area contributed by atoms with Gasteiger partial charge in [-0.2, -0.15) is 0 Å². The summed E-state index contributed by atoms with van der Waals surface area (Å²) in [7, 11) is 0. The molecular formula is C21H23N3O3. The summed E-state index contributed by atoms with van der Waals surface area (Å²) in [6, 6.07) is 12.3. The van der Waals surface area contributed by atoms with Crippen LogP contribution >= 0.6 is 0 Å². The Bertz CT molecular complexity index is 941. The van der Waals surface area contributed by atoms with Gasteiger partial charge >= 0.3 is 0 Å². The summed E-state index contributed by atoms with van der Waals surface area (Å²) in [6.07, 6.45) is 5.44. The lowest BCUT2D eigenvalue weighted by atomic mass is 10.0. The Hall–Kier alpha value is -2.86. The number of aliphatic hydroxyl groups excluding tert-OH is 1. The zero-order valence-corrected chi connectivity index (χ0v) is 15.3. The number of hydrogen-bond donors (Lipinski definition) is 1. The van der Waals surface area contributed by atoms with E-state index >= 15 is 0 Å². The minimum atomic E-state index is -0.419. The van der Waals surface area contributed by atoms with Crippen LogP contribution in [0.15, 0.2) is 48.8 Å². The summed E-state index contributed by atoms with van der Waals surface area (Å²) < 4.78 is 8.16. The van der Waals surface area contributed by atoms with Crippen LogP contribution in [-0.4, -0.2) is 51.1 Å². The molecular weight excluding hydrogens is 342 g/mol. The standard InChI is InChI=1S/C21H23N3O3/c1-15-19(6-7-20-22-10-13-24(15)20)16-2-4-17(5-3-16)27-18-8-11-23(12-9-18)21(26)14-25/h2-7,10,13,18,25H,8-9,11-12,14H2,1H3. The molecule has 1 fully saturated rings. The van der Waals surface area contributed by atoms with Gasteiger partial charge in [0, 0.05) is 49.6 Å². The predicted molar refractivity (Wildman–Crippen MR) is 103 cm³/mol. The number of pyridine rings is 1. The average molecular weight is 365 g/mol. The van der Waals surface area contributed by atoms with Gasteiger partial charge in [0.2, 0.25) is 5.91 Å². The molecule has 6 heteroatoms. The third-order valence-corrected chi connectivity index (χ3v) is 5.22. The van der Waals surface area contributed by atoms with E-state index in [9.17, 15) is 4.79 Å². The van der Waals surface area contributed by atoms with E-state index in [4.69, 9.17) is 9.84 Å². The lowest BCUT2D eigenvalue weighted by Crippen LogP contribution is -2.42. The highest BCUT2D eigenvalue weighted by molar-refractivity contribution is 5.77. The predicted octanol–water partition coefficient (Wildman–Crippen LogP) is 2.67. The third kappa shape index (κ3) is 3.53. The van der Waals surface area contributed by atoms with Crippen LogP contribution in [0.2, 0.25) is 0 Å². The number of amides is 1. The fourth-order valence-corrected chi connectivity index (χ4v) is 3.66. The molecule has 3 aromatic rings. The summed E-state index contributed by atoms with van der Waals surface area (Å²) in [5.74, 6) is 0.634. The molecule has 6 nitrogen and oxygen atoms in total. The minimum absolute atomic E-state index is 0.0997. The van der Waals surface area contributed by atoms with Gasteiger partial charge in [0.1, 0.15) is 24.1 Å². The monoisotopic (exact) mass is 365 g/mol. The second-order valence-corrected chi connectivity index (χ2v) is 6.87. The highest BCUT2D eigenvalue weighted by atomic mass is 16.5. The summed E-state index contributed by atoms with van der Waals surface area (Å²) in [5.41, 5.74) is 4.41. The Labute approximate surface area is 158 Å². The maximum atomic E-state index is 11.5. The van der Waals surface area contributed by atoms with Gasteiger partial charge in [-0.1, -0.05) is 12.1 Å². The van der Waals surface area contributed by atoms with Crippen molar-refractivity contribution >= 4 is 11.6 Å². The third-order valence-electron chi connectivity index (χ3n) is 5.22. The van der Waals surface area contributed by atoms with Crippen molar-refractivity contribution < 1.29 is 14.6 Å². The Balaban J connectivity index is 1.43. The average Bonchev–Trinajstić information content (AvgIpc) is 3.19. The molecule has 0 aliphatic carbocycles. The Morgan fingerprint density at radius 3 is 2.63 bits per heavy atom. The van der Waals surface area contributed by atoms with Crippen molar-refractivity contribution in [3.8, 4) is 16.9 Å². The van der Waals surface area contributed by atoms with E-state index in [2.05, 4.69) is 34.5 Å². The van der Waals surface area contributed by atoms with Gasteiger partial charge in [-0.15, -0.1) is 0 Å². The summed E-state index contributed by atoms with van der Waals surface area (Å²) in [5, 5.41) is 8.95. The van der Waals surface area contributed by atoms with Crippen LogP contribution in [0.1, 0.15) is 18.5 Å². The Morgan fingerprint density at radius 2 is 1.93 bits per heavy atom.